The summed E-state index contributed by atoms with van der Waals surface area (Å²) in [4.78, 5) is 26.6. The summed E-state index contributed by atoms with van der Waals surface area (Å²) in [7, 11) is 0. The lowest BCUT2D eigenvalue weighted by atomic mass is 10.0. The molecule has 0 atom stereocenters. The molecule has 18 heavy (non-hydrogen) atoms. The number of carbonyl (C=O) groups excluding carboxylic acids is 2. The Morgan fingerprint density at radius 3 is 2.50 bits per heavy atom. The number of carbonyl (C=O) groups is 2. The van der Waals surface area contributed by atoms with Gasteiger partial charge in [-0.2, -0.15) is 0 Å². The van der Waals surface area contributed by atoms with Crippen molar-refractivity contribution in [2.24, 2.45) is 0 Å². The number of fused-ring (bicyclic) bond motifs is 1. The van der Waals surface area contributed by atoms with Crippen LogP contribution in [0.15, 0.2) is 28.7 Å². The Morgan fingerprint density at radius 2 is 1.83 bits per heavy atom. The van der Waals surface area contributed by atoms with Crippen molar-refractivity contribution in [1.29, 1.82) is 0 Å². The molecule has 2 amide bonds. The van der Waals surface area contributed by atoms with E-state index in [4.69, 9.17) is 0 Å². The molecule has 0 fully saturated rings. The Hall–Kier alpha value is -1.88. The second-order valence-corrected chi connectivity index (χ2v) is 4.94. The van der Waals surface area contributed by atoms with E-state index in [1.165, 1.54) is 0 Å². The Bertz CT molecular complexity index is 728. The number of para-hydroxylation sites is 1. The van der Waals surface area contributed by atoms with Gasteiger partial charge in [0.05, 0.1) is 10.1 Å². The lowest BCUT2D eigenvalue weighted by Crippen LogP contribution is -2.22. The monoisotopic (exact) mass is 304 g/mol. The highest BCUT2D eigenvalue weighted by atomic mass is 79.9. The maximum Gasteiger partial charge on any atom is 0.265 e. The standard InChI is InChI=1S/C13H9BrN2O2/c1-6-9(7-4-2-3-5-8(7)15-6)10-11(14)13(18)16-12(10)17/h2-5,15H,1H3,(H,16,17,18). The number of nitrogens with one attached hydrogen (secondary N) is 2. The molecule has 0 saturated carbocycles. The zero-order valence-corrected chi connectivity index (χ0v) is 11.1. The van der Waals surface area contributed by atoms with Crippen LogP contribution in [0.2, 0.25) is 0 Å². The highest BCUT2D eigenvalue weighted by molar-refractivity contribution is 9.12. The lowest BCUT2D eigenvalue weighted by Gasteiger charge is -2.00. The zero-order chi connectivity index (χ0) is 12.9. The second-order valence-electron chi connectivity index (χ2n) is 4.14. The molecule has 4 nitrogen and oxygen atoms in total. The van der Waals surface area contributed by atoms with Crippen molar-refractivity contribution in [3.8, 4) is 0 Å². The summed E-state index contributed by atoms with van der Waals surface area (Å²) in [6.45, 7) is 1.89. The predicted octanol–water partition coefficient (Wildman–Crippen LogP) is 2.24. The number of halogens is 1. The van der Waals surface area contributed by atoms with E-state index in [1.807, 2.05) is 31.2 Å². The molecule has 0 spiro atoms. The first-order valence-corrected chi connectivity index (χ1v) is 6.22. The molecule has 2 aromatic rings. The normalized spacial score (nSPS) is 15.7. The number of rotatable bonds is 1. The second kappa shape index (κ2) is 3.81. The van der Waals surface area contributed by atoms with Crippen LogP contribution < -0.4 is 5.32 Å². The summed E-state index contributed by atoms with van der Waals surface area (Å²) in [5.74, 6) is -0.751. The van der Waals surface area contributed by atoms with Crippen LogP contribution in [0.25, 0.3) is 16.5 Å². The fraction of sp³-hybridized carbons (Fsp3) is 0.0769. The summed E-state index contributed by atoms with van der Waals surface area (Å²) in [6, 6.07) is 7.69. The van der Waals surface area contributed by atoms with E-state index in [1.54, 1.807) is 0 Å². The Morgan fingerprint density at radius 1 is 1.11 bits per heavy atom. The molecule has 0 unspecified atom stereocenters. The molecule has 1 aliphatic rings. The first-order chi connectivity index (χ1) is 8.59. The van der Waals surface area contributed by atoms with Crippen LogP contribution in [0.4, 0.5) is 0 Å². The van der Waals surface area contributed by atoms with Gasteiger partial charge in [0, 0.05) is 22.2 Å². The first-order valence-electron chi connectivity index (χ1n) is 5.42. The van der Waals surface area contributed by atoms with Gasteiger partial charge in [-0.1, -0.05) is 18.2 Å². The van der Waals surface area contributed by atoms with Crippen LogP contribution in [0.1, 0.15) is 11.3 Å². The number of aromatic amines is 1. The van der Waals surface area contributed by atoms with E-state index >= 15 is 0 Å². The van der Waals surface area contributed by atoms with Crippen LogP contribution in [-0.4, -0.2) is 16.8 Å². The molecule has 2 N–H and O–H groups in total. The zero-order valence-electron chi connectivity index (χ0n) is 9.50. The van der Waals surface area contributed by atoms with Gasteiger partial charge in [0.25, 0.3) is 11.8 Å². The van der Waals surface area contributed by atoms with E-state index in [2.05, 4.69) is 26.2 Å². The molecule has 0 saturated heterocycles. The van der Waals surface area contributed by atoms with Gasteiger partial charge in [0.2, 0.25) is 0 Å². The van der Waals surface area contributed by atoms with Crippen LogP contribution >= 0.6 is 15.9 Å². The molecule has 0 bridgehead atoms. The quantitative estimate of drug-likeness (QED) is 0.794. The van der Waals surface area contributed by atoms with Crippen LogP contribution in [0.5, 0.6) is 0 Å². The SMILES string of the molecule is Cc1[nH]c2ccccc2c1C1=C(Br)C(=O)NC1=O. The highest BCUT2D eigenvalue weighted by Gasteiger charge is 2.32. The number of hydrogen-bond acceptors (Lipinski definition) is 2. The average molecular weight is 305 g/mol. The van der Waals surface area contributed by atoms with Gasteiger partial charge in [-0.3, -0.25) is 14.9 Å². The Balaban J connectivity index is 2.36. The van der Waals surface area contributed by atoms with Crippen LogP contribution in [-0.2, 0) is 9.59 Å². The summed E-state index contributed by atoms with van der Waals surface area (Å²) >= 11 is 3.18. The molecule has 2 heterocycles. The number of aromatic nitrogens is 1. The van der Waals surface area contributed by atoms with Crippen molar-refractivity contribution < 1.29 is 9.59 Å². The van der Waals surface area contributed by atoms with Gasteiger partial charge in [-0.05, 0) is 28.9 Å². The number of hydrogen-bond donors (Lipinski definition) is 2. The van der Waals surface area contributed by atoms with E-state index in [-0.39, 0.29) is 11.8 Å². The highest BCUT2D eigenvalue weighted by Crippen LogP contribution is 2.34. The van der Waals surface area contributed by atoms with Crippen LogP contribution in [0, 0.1) is 6.92 Å². The van der Waals surface area contributed by atoms with E-state index in [0.717, 1.165) is 22.2 Å². The molecule has 90 valence electrons. The third-order valence-electron chi connectivity index (χ3n) is 3.02. The van der Waals surface area contributed by atoms with Crippen molar-refractivity contribution in [1.82, 2.24) is 10.3 Å². The van der Waals surface area contributed by atoms with Gasteiger partial charge < -0.3 is 4.98 Å². The van der Waals surface area contributed by atoms with Crippen molar-refractivity contribution in [2.45, 2.75) is 6.92 Å². The third kappa shape index (κ3) is 1.44. The van der Waals surface area contributed by atoms with E-state index in [9.17, 15) is 9.59 Å². The molecule has 0 aliphatic carbocycles. The number of benzene rings is 1. The smallest absolute Gasteiger partial charge is 0.265 e. The number of imide groups is 1. The van der Waals surface area contributed by atoms with Gasteiger partial charge >= 0.3 is 0 Å². The van der Waals surface area contributed by atoms with Crippen molar-refractivity contribution in [3.63, 3.8) is 0 Å². The van der Waals surface area contributed by atoms with Gasteiger partial charge in [-0.15, -0.1) is 0 Å². The topological polar surface area (TPSA) is 62.0 Å². The molecular weight excluding hydrogens is 296 g/mol. The minimum Gasteiger partial charge on any atom is -0.358 e. The third-order valence-corrected chi connectivity index (χ3v) is 3.77. The minimum absolute atomic E-state index is 0.292. The molecular formula is C13H9BrN2O2. The number of aryl methyl sites for hydroxylation is 1. The fourth-order valence-corrected chi connectivity index (χ4v) is 2.73. The maximum atomic E-state index is 11.9. The lowest BCUT2D eigenvalue weighted by molar-refractivity contribution is -0.123. The Labute approximate surface area is 111 Å². The summed E-state index contributed by atoms with van der Waals surface area (Å²) < 4.78 is 0.292. The van der Waals surface area contributed by atoms with Gasteiger partial charge in [0.15, 0.2) is 0 Å². The van der Waals surface area contributed by atoms with Gasteiger partial charge in [-0.25, -0.2) is 0 Å². The Kier molecular flexibility index (Phi) is 2.38. The van der Waals surface area contributed by atoms with E-state index in [0.29, 0.717) is 10.1 Å². The van der Waals surface area contributed by atoms with E-state index < -0.39 is 0 Å². The molecule has 3 rings (SSSR count). The molecule has 1 aliphatic heterocycles. The summed E-state index contributed by atoms with van der Waals surface area (Å²) in [6.07, 6.45) is 0. The molecule has 5 heteroatoms. The molecule has 0 radical (unpaired) electrons. The maximum absolute atomic E-state index is 11.9. The van der Waals surface area contributed by atoms with Gasteiger partial charge in [0.1, 0.15) is 0 Å². The largest absolute Gasteiger partial charge is 0.358 e. The molecule has 1 aromatic heterocycles. The van der Waals surface area contributed by atoms with Crippen LogP contribution in [0.3, 0.4) is 0 Å². The predicted molar refractivity (Wildman–Crippen MR) is 72.0 cm³/mol. The average Bonchev–Trinajstić information content (AvgIpc) is 2.77. The number of H-pyrrole nitrogens is 1. The molecule has 1 aromatic carbocycles. The van der Waals surface area contributed by atoms with Crippen molar-refractivity contribution in [3.05, 3.63) is 40.0 Å². The van der Waals surface area contributed by atoms with Crippen molar-refractivity contribution >= 4 is 44.2 Å². The summed E-state index contributed by atoms with van der Waals surface area (Å²) in [5.41, 5.74) is 2.99. The van der Waals surface area contributed by atoms with Crippen molar-refractivity contribution in [2.75, 3.05) is 0 Å². The number of amides is 2. The minimum atomic E-state index is -0.389. The fourth-order valence-electron chi connectivity index (χ4n) is 2.26. The first kappa shape index (κ1) is 11.2. The summed E-state index contributed by atoms with van der Waals surface area (Å²) in [5, 5.41) is 3.22.